The maximum absolute atomic E-state index is 12.3. The van der Waals surface area contributed by atoms with Crippen LogP contribution in [-0.2, 0) is 22.9 Å². The highest BCUT2D eigenvalue weighted by Gasteiger charge is 2.26. The van der Waals surface area contributed by atoms with E-state index < -0.39 is 10.0 Å². The van der Waals surface area contributed by atoms with Crippen LogP contribution in [0.3, 0.4) is 0 Å². The third-order valence-corrected chi connectivity index (χ3v) is 5.75. The number of carbonyl (C=O) groups excluding carboxylic acids is 1. The van der Waals surface area contributed by atoms with E-state index >= 15 is 0 Å². The van der Waals surface area contributed by atoms with Gasteiger partial charge in [-0.15, -0.1) is 10.2 Å². The molecule has 0 aliphatic carbocycles. The summed E-state index contributed by atoms with van der Waals surface area (Å²) in [6.07, 6.45) is 2.56. The third kappa shape index (κ3) is 3.20. The number of fused-ring (bicyclic) bond motifs is 1. The van der Waals surface area contributed by atoms with Gasteiger partial charge >= 0.3 is 0 Å². The number of aryl methyl sites for hydroxylation is 1. The first-order valence-corrected chi connectivity index (χ1v) is 9.79. The van der Waals surface area contributed by atoms with E-state index in [1.807, 2.05) is 6.92 Å². The molecular weight excluding hydrogens is 336 g/mol. The molecule has 0 fully saturated rings. The van der Waals surface area contributed by atoms with Gasteiger partial charge in [-0.25, -0.2) is 8.42 Å². The number of hydrogen-bond acceptors (Lipinski definition) is 6. The normalized spacial score (nSPS) is 13.9. The molecule has 1 aliphatic rings. The molecule has 1 aromatic heterocycles. The maximum atomic E-state index is 12.3. The molecule has 1 N–H and O–H groups in total. The smallest absolute Gasteiger partial charge is 0.257 e. The van der Waals surface area contributed by atoms with Crippen LogP contribution in [0.2, 0.25) is 0 Å². The van der Waals surface area contributed by atoms with E-state index in [2.05, 4.69) is 15.5 Å². The number of rotatable bonds is 4. The summed E-state index contributed by atoms with van der Waals surface area (Å²) in [5.41, 5.74) is 1.98. The molecule has 1 aromatic carbocycles. The van der Waals surface area contributed by atoms with Crippen LogP contribution in [0.4, 0.5) is 10.8 Å². The lowest BCUT2D eigenvalue weighted by Gasteiger charge is -2.16. The van der Waals surface area contributed by atoms with Gasteiger partial charge in [-0.3, -0.25) is 14.4 Å². The molecule has 0 radical (unpaired) electrons. The fourth-order valence-electron chi connectivity index (χ4n) is 2.47. The molecule has 2 heterocycles. The minimum absolute atomic E-state index is 0.274. The Kier molecular flexibility index (Phi) is 4.07. The topological polar surface area (TPSA) is 92.3 Å². The summed E-state index contributed by atoms with van der Waals surface area (Å²) >= 11 is 1.34. The number of carbonyl (C=O) groups is 1. The molecule has 0 saturated carbocycles. The zero-order chi connectivity index (χ0) is 16.6. The monoisotopic (exact) mass is 352 g/mol. The Bertz CT molecular complexity index is 861. The van der Waals surface area contributed by atoms with Gasteiger partial charge in [0.15, 0.2) is 0 Å². The van der Waals surface area contributed by atoms with Gasteiger partial charge in [0.05, 0.1) is 11.9 Å². The quantitative estimate of drug-likeness (QED) is 0.904. The highest BCUT2D eigenvalue weighted by atomic mass is 32.2. The summed E-state index contributed by atoms with van der Waals surface area (Å²) in [5, 5.41) is 11.9. The standard InChI is InChI=1S/C14H16N4O3S2/c1-3-12-16-17-14(22-12)15-13(19)10-4-5-11-9(8-10)6-7-18(11)23(2,20)21/h4-5,8H,3,6-7H2,1-2H3,(H,15,17,19). The van der Waals surface area contributed by atoms with Crippen molar-refractivity contribution in [2.75, 3.05) is 22.4 Å². The molecule has 0 spiro atoms. The van der Waals surface area contributed by atoms with Crippen LogP contribution in [-0.4, -0.2) is 37.3 Å². The largest absolute Gasteiger partial charge is 0.296 e. The van der Waals surface area contributed by atoms with Gasteiger partial charge in [0.2, 0.25) is 15.2 Å². The molecule has 7 nitrogen and oxygen atoms in total. The molecule has 0 bridgehead atoms. The molecule has 122 valence electrons. The van der Waals surface area contributed by atoms with Crippen molar-refractivity contribution in [3.05, 3.63) is 34.3 Å². The minimum Gasteiger partial charge on any atom is -0.296 e. The Labute approximate surface area is 138 Å². The van der Waals surface area contributed by atoms with Crippen LogP contribution in [0.5, 0.6) is 0 Å². The van der Waals surface area contributed by atoms with Crippen LogP contribution in [0, 0.1) is 0 Å². The van der Waals surface area contributed by atoms with Crippen molar-refractivity contribution in [2.24, 2.45) is 0 Å². The Morgan fingerprint density at radius 1 is 1.39 bits per heavy atom. The van der Waals surface area contributed by atoms with Crippen molar-refractivity contribution in [1.29, 1.82) is 0 Å². The van der Waals surface area contributed by atoms with E-state index in [4.69, 9.17) is 0 Å². The Balaban J connectivity index is 1.81. The summed E-state index contributed by atoms with van der Waals surface area (Å²) in [4.78, 5) is 12.3. The van der Waals surface area contributed by atoms with Crippen molar-refractivity contribution in [3.63, 3.8) is 0 Å². The zero-order valence-electron chi connectivity index (χ0n) is 12.7. The fraction of sp³-hybridized carbons (Fsp3) is 0.357. The van der Waals surface area contributed by atoms with Crippen LogP contribution >= 0.6 is 11.3 Å². The Morgan fingerprint density at radius 3 is 2.83 bits per heavy atom. The Hall–Kier alpha value is -2.00. The van der Waals surface area contributed by atoms with E-state index in [1.54, 1.807) is 18.2 Å². The van der Waals surface area contributed by atoms with Crippen LogP contribution in [0.25, 0.3) is 0 Å². The molecule has 0 atom stereocenters. The van der Waals surface area contributed by atoms with Gasteiger partial charge in [0.1, 0.15) is 5.01 Å². The maximum Gasteiger partial charge on any atom is 0.257 e. The molecule has 9 heteroatoms. The third-order valence-electron chi connectivity index (χ3n) is 3.58. The summed E-state index contributed by atoms with van der Waals surface area (Å²) in [6.45, 7) is 2.38. The molecular formula is C14H16N4O3S2. The molecule has 1 aliphatic heterocycles. The Morgan fingerprint density at radius 2 is 2.17 bits per heavy atom. The molecule has 2 aromatic rings. The van der Waals surface area contributed by atoms with E-state index in [-0.39, 0.29) is 5.91 Å². The average Bonchev–Trinajstić information content (AvgIpc) is 3.11. The van der Waals surface area contributed by atoms with Gasteiger partial charge in [-0.2, -0.15) is 0 Å². The van der Waals surface area contributed by atoms with E-state index in [9.17, 15) is 13.2 Å². The van der Waals surface area contributed by atoms with Crippen LogP contribution in [0.15, 0.2) is 18.2 Å². The SMILES string of the molecule is CCc1nnc(NC(=O)c2ccc3c(c2)CCN3S(C)(=O)=O)s1. The highest BCUT2D eigenvalue weighted by Crippen LogP contribution is 2.31. The molecule has 1 amide bonds. The summed E-state index contributed by atoms with van der Waals surface area (Å²) in [7, 11) is -3.28. The van der Waals surface area contributed by atoms with E-state index in [0.29, 0.717) is 29.3 Å². The second-order valence-corrected chi connectivity index (χ2v) is 8.21. The van der Waals surface area contributed by atoms with E-state index in [0.717, 1.165) is 17.0 Å². The molecule has 23 heavy (non-hydrogen) atoms. The van der Waals surface area contributed by atoms with Gasteiger partial charge in [0.25, 0.3) is 5.91 Å². The van der Waals surface area contributed by atoms with Gasteiger partial charge in [-0.05, 0) is 36.6 Å². The average molecular weight is 352 g/mol. The van der Waals surface area contributed by atoms with Gasteiger partial charge in [-0.1, -0.05) is 18.3 Å². The number of nitrogens with zero attached hydrogens (tertiary/aromatic N) is 3. The summed E-state index contributed by atoms with van der Waals surface area (Å²) in [6, 6.07) is 5.03. The number of aromatic nitrogens is 2. The van der Waals surface area contributed by atoms with Crippen molar-refractivity contribution in [2.45, 2.75) is 19.8 Å². The number of sulfonamides is 1. The molecule has 3 rings (SSSR count). The highest BCUT2D eigenvalue weighted by molar-refractivity contribution is 7.92. The lowest BCUT2D eigenvalue weighted by atomic mass is 10.1. The number of anilines is 2. The molecule has 0 saturated heterocycles. The van der Waals surface area contributed by atoms with Crippen molar-refractivity contribution in [3.8, 4) is 0 Å². The minimum atomic E-state index is -3.28. The van der Waals surface area contributed by atoms with Crippen molar-refractivity contribution >= 4 is 38.1 Å². The second kappa shape index (κ2) is 5.89. The van der Waals surface area contributed by atoms with Crippen molar-refractivity contribution < 1.29 is 13.2 Å². The summed E-state index contributed by atoms with van der Waals surface area (Å²) < 4.78 is 24.8. The predicted octanol–water partition coefficient (Wildman–Crippen LogP) is 1.67. The summed E-state index contributed by atoms with van der Waals surface area (Å²) in [5.74, 6) is -0.274. The fourth-order valence-corrected chi connectivity index (χ4v) is 4.11. The number of nitrogens with one attached hydrogen (secondary N) is 1. The first kappa shape index (κ1) is 15.9. The van der Waals surface area contributed by atoms with Gasteiger partial charge < -0.3 is 0 Å². The van der Waals surface area contributed by atoms with Crippen LogP contribution in [0.1, 0.15) is 27.9 Å². The number of hydrogen-bond donors (Lipinski definition) is 1. The van der Waals surface area contributed by atoms with Gasteiger partial charge in [0, 0.05) is 12.1 Å². The van der Waals surface area contributed by atoms with E-state index in [1.165, 1.54) is 21.9 Å². The zero-order valence-corrected chi connectivity index (χ0v) is 14.4. The first-order chi connectivity index (χ1) is 10.9. The molecule has 0 unspecified atom stereocenters. The predicted molar refractivity (Wildman–Crippen MR) is 89.6 cm³/mol. The van der Waals surface area contributed by atoms with Crippen LogP contribution < -0.4 is 9.62 Å². The number of amides is 1. The lowest BCUT2D eigenvalue weighted by molar-refractivity contribution is 0.102. The number of benzene rings is 1. The van der Waals surface area contributed by atoms with Crippen molar-refractivity contribution in [1.82, 2.24) is 10.2 Å². The lowest BCUT2D eigenvalue weighted by Crippen LogP contribution is -2.27. The second-order valence-electron chi connectivity index (χ2n) is 5.24. The first-order valence-electron chi connectivity index (χ1n) is 7.13.